The van der Waals surface area contributed by atoms with E-state index in [0.717, 1.165) is 11.1 Å². The topological polar surface area (TPSA) is 0 Å². The van der Waals surface area contributed by atoms with E-state index in [-0.39, 0.29) is 0 Å². The second-order valence-electron chi connectivity index (χ2n) is 6.94. The van der Waals surface area contributed by atoms with Crippen LogP contribution in [-0.4, -0.2) is 8.07 Å². The molecule has 1 aromatic rings. The maximum atomic E-state index is 2.67. The van der Waals surface area contributed by atoms with Crippen LogP contribution in [-0.2, 0) is 0 Å². The molecule has 3 rings (SSSR count). The first-order valence-corrected chi connectivity index (χ1v) is 11.3. The summed E-state index contributed by atoms with van der Waals surface area (Å²) in [7, 11) is -1.53. The molecule has 0 aromatic heterocycles. The van der Waals surface area contributed by atoms with Crippen molar-refractivity contribution in [2.75, 3.05) is 0 Å². The van der Waals surface area contributed by atoms with E-state index in [1.54, 1.807) is 10.8 Å². The van der Waals surface area contributed by atoms with E-state index in [1.165, 1.54) is 38.5 Å². The summed E-state index contributed by atoms with van der Waals surface area (Å²) in [5.74, 6) is 0. The summed E-state index contributed by atoms with van der Waals surface area (Å²) in [6.45, 7) is 4.99. The van der Waals surface area contributed by atoms with Crippen LogP contribution in [0.1, 0.15) is 45.4 Å². The van der Waals surface area contributed by atoms with E-state index in [0.29, 0.717) is 0 Å². The molecular weight excluding hydrogens is 268 g/mol. The summed E-state index contributed by atoms with van der Waals surface area (Å²) in [4.78, 5) is 0. The van der Waals surface area contributed by atoms with Gasteiger partial charge >= 0.3 is 0 Å². The molecule has 0 amide bonds. The molecule has 112 valence electrons. The molecule has 1 fully saturated rings. The lowest BCUT2D eigenvalue weighted by Crippen LogP contribution is -2.53. The third-order valence-corrected chi connectivity index (χ3v) is 11.6. The minimum absolute atomic E-state index is 0.730. The van der Waals surface area contributed by atoms with Crippen molar-refractivity contribution in [2.24, 2.45) is 0 Å². The molecule has 0 saturated heterocycles. The van der Waals surface area contributed by atoms with Crippen LogP contribution < -0.4 is 5.19 Å². The molecule has 21 heavy (non-hydrogen) atoms. The van der Waals surface area contributed by atoms with E-state index >= 15 is 0 Å². The molecule has 0 spiro atoms. The van der Waals surface area contributed by atoms with E-state index in [4.69, 9.17) is 0 Å². The third kappa shape index (κ3) is 2.68. The SMILES string of the molecule is CCC1=CC=CC1[Si](C)(c1ccccc1)C1CCCCC1. The van der Waals surface area contributed by atoms with Crippen molar-refractivity contribution in [1.82, 2.24) is 0 Å². The highest BCUT2D eigenvalue weighted by Gasteiger charge is 2.45. The largest absolute Gasteiger partial charge is 0.0974 e. The molecule has 1 heteroatoms. The molecule has 1 aromatic carbocycles. The van der Waals surface area contributed by atoms with E-state index in [2.05, 4.69) is 62.0 Å². The Morgan fingerprint density at radius 2 is 1.76 bits per heavy atom. The zero-order valence-electron chi connectivity index (χ0n) is 13.5. The van der Waals surface area contributed by atoms with Crippen molar-refractivity contribution >= 4 is 13.3 Å². The molecule has 2 aliphatic rings. The van der Waals surface area contributed by atoms with Gasteiger partial charge in [-0.25, -0.2) is 0 Å². The molecule has 0 heterocycles. The maximum absolute atomic E-state index is 2.67. The quantitative estimate of drug-likeness (QED) is 0.636. The second-order valence-corrected chi connectivity index (χ2v) is 11.5. The van der Waals surface area contributed by atoms with Crippen molar-refractivity contribution in [3.63, 3.8) is 0 Å². The monoisotopic (exact) mass is 296 g/mol. The Balaban J connectivity index is 2.02. The molecule has 0 bridgehead atoms. The van der Waals surface area contributed by atoms with Crippen LogP contribution in [0.5, 0.6) is 0 Å². The zero-order chi connectivity index (χ0) is 14.7. The Kier molecular flexibility index (Phi) is 4.49. The normalized spacial score (nSPS) is 25.6. The van der Waals surface area contributed by atoms with Gasteiger partial charge in [-0.2, -0.15) is 0 Å². The Hall–Kier alpha value is -1.08. The standard InChI is InChI=1S/C20H28Si/c1-3-17-11-10-16-20(17)21(2,18-12-6-4-7-13-18)19-14-8-5-9-15-19/h4,6-7,10-13,16,19-20H,3,5,8-9,14-15H2,1-2H3. The number of rotatable bonds is 4. The molecule has 0 radical (unpaired) electrons. The summed E-state index contributed by atoms with van der Waals surface area (Å²) < 4.78 is 0. The van der Waals surface area contributed by atoms with Gasteiger partial charge in [-0.3, -0.25) is 0 Å². The third-order valence-electron chi connectivity index (χ3n) is 5.92. The summed E-state index contributed by atoms with van der Waals surface area (Å²) in [5.41, 5.74) is 3.36. The molecule has 0 nitrogen and oxygen atoms in total. The fraction of sp³-hybridized carbons (Fsp3) is 0.500. The Morgan fingerprint density at radius 3 is 2.43 bits per heavy atom. The smallest absolute Gasteiger partial charge is 0.0797 e. The van der Waals surface area contributed by atoms with Crippen molar-refractivity contribution in [3.05, 3.63) is 54.1 Å². The summed E-state index contributed by atoms with van der Waals surface area (Å²) >= 11 is 0. The average molecular weight is 297 g/mol. The molecule has 0 aliphatic heterocycles. The molecule has 2 atom stereocenters. The van der Waals surface area contributed by atoms with Crippen LogP contribution in [0.3, 0.4) is 0 Å². The van der Waals surface area contributed by atoms with Gasteiger partial charge in [0.1, 0.15) is 0 Å². The molecule has 2 unspecified atom stereocenters. The molecule has 2 aliphatic carbocycles. The number of allylic oxidation sites excluding steroid dienone is 4. The first-order valence-electron chi connectivity index (χ1n) is 8.69. The molecule has 0 N–H and O–H groups in total. The van der Waals surface area contributed by atoms with Gasteiger partial charge in [0.25, 0.3) is 0 Å². The van der Waals surface area contributed by atoms with Gasteiger partial charge in [0.15, 0.2) is 0 Å². The first kappa shape index (κ1) is 14.8. The highest BCUT2D eigenvalue weighted by molar-refractivity contribution is 6.94. The van der Waals surface area contributed by atoms with Crippen molar-refractivity contribution < 1.29 is 0 Å². The van der Waals surface area contributed by atoms with Crippen LogP contribution in [0.25, 0.3) is 0 Å². The van der Waals surface area contributed by atoms with Crippen LogP contribution in [0.15, 0.2) is 54.1 Å². The summed E-state index contributed by atoms with van der Waals surface area (Å²) in [6.07, 6.45) is 15.7. The van der Waals surface area contributed by atoms with Gasteiger partial charge in [0, 0.05) is 0 Å². The summed E-state index contributed by atoms with van der Waals surface area (Å²) in [6, 6.07) is 11.5. The fourth-order valence-corrected chi connectivity index (χ4v) is 10.0. The van der Waals surface area contributed by atoms with E-state index < -0.39 is 8.07 Å². The second kappa shape index (κ2) is 6.35. The lowest BCUT2D eigenvalue weighted by Gasteiger charge is -2.43. The van der Waals surface area contributed by atoms with Gasteiger partial charge in [0.05, 0.1) is 8.07 Å². The highest BCUT2D eigenvalue weighted by Crippen LogP contribution is 2.47. The zero-order valence-corrected chi connectivity index (χ0v) is 14.5. The van der Waals surface area contributed by atoms with Crippen LogP contribution in [0.4, 0.5) is 0 Å². The van der Waals surface area contributed by atoms with Crippen molar-refractivity contribution in [2.45, 2.75) is 63.1 Å². The van der Waals surface area contributed by atoms with Gasteiger partial charge in [-0.05, 0) is 17.5 Å². The van der Waals surface area contributed by atoms with Crippen molar-refractivity contribution in [3.8, 4) is 0 Å². The minimum Gasteiger partial charge on any atom is -0.0797 e. The lowest BCUT2D eigenvalue weighted by atomic mass is 10.0. The maximum Gasteiger partial charge on any atom is 0.0974 e. The van der Waals surface area contributed by atoms with E-state index in [1.807, 2.05) is 0 Å². The van der Waals surface area contributed by atoms with Crippen LogP contribution in [0.2, 0.25) is 17.6 Å². The Labute approximate surface area is 131 Å². The van der Waals surface area contributed by atoms with Gasteiger partial charge in [0.2, 0.25) is 0 Å². The average Bonchev–Trinajstić information content (AvgIpc) is 3.05. The summed E-state index contributed by atoms with van der Waals surface area (Å²) in [5, 5.41) is 1.67. The lowest BCUT2D eigenvalue weighted by molar-refractivity contribution is 0.491. The van der Waals surface area contributed by atoms with Crippen LogP contribution in [0, 0.1) is 0 Å². The van der Waals surface area contributed by atoms with Crippen LogP contribution >= 0.6 is 0 Å². The molecular formula is C20H28Si. The Morgan fingerprint density at radius 1 is 1.05 bits per heavy atom. The van der Waals surface area contributed by atoms with Crippen molar-refractivity contribution in [1.29, 1.82) is 0 Å². The van der Waals surface area contributed by atoms with Gasteiger partial charge in [-0.1, -0.05) is 105 Å². The number of benzene rings is 1. The fourth-order valence-electron chi connectivity index (χ4n) is 4.61. The Bertz CT molecular complexity index is 522. The predicted molar refractivity (Wildman–Crippen MR) is 95.8 cm³/mol. The minimum atomic E-state index is -1.53. The van der Waals surface area contributed by atoms with Gasteiger partial charge in [-0.15, -0.1) is 0 Å². The number of hydrogen-bond acceptors (Lipinski definition) is 0. The van der Waals surface area contributed by atoms with E-state index in [9.17, 15) is 0 Å². The predicted octanol–water partition coefficient (Wildman–Crippen LogP) is 5.58. The first-order chi connectivity index (χ1) is 10.3. The highest BCUT2D eigenvalue weighted by atomic mass is 28.3. The number of hydrogen-bond donors (Lipinski definition) is 0. The molecule has 1 saturated carbocycles. The van der Waals surface area contributed by atoms with Gasteiger partial charge < -0.3 is 0 Å².